The van der Waals surface area contributed by atoms with E-state index in [9.17, 15) is 0 Å². The highest BCUT2D eigenvalue weighted by Crippen LogP contribution is 2.52. The molecule has 0 saturated heterocycles. The van der Waals surface area contributed by atoms with Crippen LogP contribution in [0.25, 0.3) is 88.3 Å². The van der Waals surface area contributed by atoms with Crippen LogP contribution >= 0.6 is 0 Å². The molecule has 0 N–H and O–H groups in total. The summed E-state index contributed by atoms with van der Waals surface area (Å²) >= 11 is 0. The van der Waals surface area contributed by atoms with Crippen LogP contribution in [0.3, 0.4) is 0 Å². The van der Waals surface area contributed by atoms with E-state index < -0.39 is 0 Å². The Morgan fingerprint density at radius 3 is 1.22 bits per heavy atom. The lowest BCUT2D eigenvalue weighted by Crippen LogP contribution is -2.10. The van der Waals surface area contributed by atoms with Gasteiger partial charge in [0.05, 0.1) is 0 Å². The molecule has 0 unspecified atom stereocenters. The van der Waals surface area contributed by atoms with E-state index in [4.69, 9.17) is 0 Å². The number of aromatic nitrogens is 1. The van der Waals surface area contributed by atoms with Gasteiger partial charge in [-0.1, -0.05) is 127 Å². The predicted octanol–water partition coefficient (Wildman–Crippen LogP) is 13.5. The third-order valence-electron chi connectivity index (χ3n) is 10.8. The lowest BCUT2D eigenvalue weighted by Gasteiger charge is -2.27. The molecule has 0 amide bonds. The molecule has 0 radical (unpaired) electrons. The maximum atomic E-state index is 4.37. The van der Waals surface area contributed by atoms with Gasteiger partial charge in [0.15, 0.2) is 0 Å². The van der Waals surface area contributed by atoms with Gasteiger partial charge in [0.2, 0.25) is 0 Å². The average Bonchev–Trinajstić information content (AvgIpc) is 3.71. The number of hydrogen-bond acceptors (Lipinski definition) is 2. The Hall–Kier alpha value is -6.77. The normalized spacial score (nSPS) is 11.9. The molecule has 2 aliphatic rings. The molecular weight excluding hydrogens is 617 g/mol. The second-order valence-corrected chi connectivity index (χ2v) is 13.5. The molecule has 0 saturated carbocycles. The number of fused-ring (bicyclic) bond motifs is 6. The van der Waals surface area contributed by atoms with Crippen molar-refractivity contribution in [2.45, 2.75) is 0 Å². The van der Waals surface area contributed by atoms with Crippen molar-refractivity contribution in [2.75, 3.05) is 4.90 Å². The van der Waals surface area contributed by atoms with E-state index in [2.05, 4.69) is 180 Å². The van der Waals surface area contributed by atoms with Crippen LogP contribution in [-0.2, 0) is 0 Å². The highest BCUT2D eigenvalue weighted by molar-refractivity contribution is 6.20. The zero-order valence-electron chi connectivity index (χ0n) is 27.7. The second-order valence-electron chi connectivity index (χ2n) is 13.5. The van der Waals surface area contributed by atoms with Gasteiger partial charge in [-0.15, -0.1) is 0 Å². The van der Waals surface area contributed by atoms with Crippen LogP contribution in [0.4, 0.5) is 17.1 Å². The number of hydrogen-bond donors (Lipinski definition) is 0. The van der Waals surface area contributed by atoms with Crippen molar-refractivity contribution in [3.05, 3.63) is 182 Å². The summed E-state index contributed by atoms with van der Waals surface area (Å²) in [7, 11) is 0. The first-order valence-corrected chi connectivity index (χ1v) is 17.5. The van der Waals surface area contributed by atoms with E-state index in [0.29, 0.717) is 0 Å². The molecule has 0 aliphatic heterocycles. The highest BCUT2D eigenvalue weighted by atomic mass is 15.1. The van der Waals surface area contributed by atoms with Gasteiger partial charge in [-0.3, -0.25) is 4.98 Å². The molecule has 1 aromatic heterocycles. The molecule has 8 aromatic carbocycles. The first-order valence-electron chi connectivity index (χ1n) is 17.5. The van der Waals surface area contributed by atoms with Gasteiger partial charge in [-0.2, -0.15) is 0 Å². The van der Waals surface area contributed by atoms with E-state index >= 15 is 0 Å². The van der Waals surface area contributed by atoms with Crippen molar-refractivity contribution in [2.24, 2.45) is 0 Å². The van der Waals surface area contributed by atoms with Crippen LogP contribution in [0.1, 0.15) is 0 Å². The van der Waals surface area contributed by atoms with Gasteiger partial charge in [0, 0.05) is 29.5 Å². The number of para-hydroxylation sites is 1. The zero-order valence-corrected chi connectivity index (χ0v) is 27.7. The lowest BCUT2D eigenvalue weighted by molar-refractivity contribution is 1.24. The van der Waals surface area contributed by atoms with Crippen molar-refractivity contribution >= 4 is 38.6 Å². The summed E-state index contributed by atoms with van der Waals surface area (Å²) in [5.74, 6) is 0. The molecule has 2 aliphatic carbocycles. The zero-order chi connectivity index (χ0) is 33.5. The number of anilines is 3. The van der Waals surface area contributed by atoms with Crippen molar-refractivity contribution < 1.29 is 0 Å². The van der Waals surface area contributed by atoms with E-state index in [1.54, 1.807) is 0 Å². The summed E-state index contributed by atoms with van der Waals surface area (Å²) in [5.41, 5.74) is 18.6. The summed E-state index contributed by atoms with van der Waals surface area (Å²) in [6.07, 6.45) is 3.75. The fraction of sp³-hybridized carbons (Fsp3) is 0. The quantitative estimate of drug-likeness (QED) is 0.185. The topological polar surface area (TPSA) is 16.1 Å². The monoisotopic (exact) mass is 646 g/mol. The smallest absolute Gasteiger partial charge is 0.0492 e. The van der Waals surface area contributed by atoms with Gasteiger partial charge >= 0.3 is 0 Å². The molecular formula is C49H30N2. The Kier molecular flexibility index (Phi) is 5.99. The molecule has 2 heteroatoms. The molecule has 236 valence electrons. The SMILES string of the molecule is c1ccc(N(c2ccncc2)c2cc(-c3ccc4c5c(cccc35)-c3ccccc3-4)cc(-c3ccc4c5c(cccc35)-c3ccccc3-4)c2)cc1. The summed E-state index contributed by atoms with van der Waals surface area (Å²) in [6.45, 7) is 0. The second kappa shape index (κ2) is 10.9. The maximum absolute atomic E-state index is 4.37. The molecule has 0 fully saturated rings. The van der Waals surface area contributed by atoms with Gasteiger partial charge in [-0.25, -0.2) is 0 Å². The fourth-order valence-corrected chi connectivity index (χ4v) is 8.69. The van der Waals surface area contributed by atoms with Gasteiger partial charge in [0.1, 0.15) is 0 Å². The Morgan fingerprint density at radius 1 is 0.294 bits per heavy atom. The minimum atomic E-state index is 1.06. The van der Waals surface area contributed by atoms with E-state index in [1.807, 2.05) is 12.4 Å². The first-order chi connectivity index (χ1) is 25.3. The number of benzene rings is 8. The summed E-state index contributed by atoms with van der Waals surface area (Å²) in [6, 6.07) is 62.4. The summed E-state index contributed by atoms with van der Waals surface area (Å²) in [4.78, 5) is 6.71. The minimum absolute atomic E-state index is 1.06. The largest absolute Gasteiger partial charge is 0.310 e. The number of nitrogens with zero attached hydrogens (tertiary/aromatic N) is 2. The molecule has 11 rings (SSSR count). The Labute approximate surface area is 296 Å². The van der Waals surface area contributed by atoms with Gasteiger partial charge < -0.3 is 4.90 Å². The van der Waals surface area contributed by atoms with Crippen LogP contribution in [0.15, 0.2) is 182 Å². The Balaban J connectivity index is 1.20. The highest BCUT2D eigenvalue weighted by Gasteiger charge is 2.25. The van der Waals surface area contributed by atoms with Crippen LogP contribution in [0.2, 0.25) is 0 Å². The van der Waals surface area contributed by atoms with Crippen LogP contribution < -0.4 is 4.90 Å². The Bertz CT molecular complexity index is 2600. The average molecular weight is 647 g/mol. The van der Waals surface area contributed by atoms with Crippen LogP contribution in [0, 0.1) is 0 Å². The molecule has 0 atom stereocenters. The molecule has 0 bridgehead atoms. The van der Waals surface area contributed by atoms with Crippen molar-refractivity contribution in [1.29, 1.82) is 0 Å². The predicted molar refractivity (Wildman–Crippen MR) is 214 cm³/mol. The summed E-state index contributed by atoms with van der Waals surface area (Å²) in [5, 5.41) is 5.21. The molecule has 1 heterocycles. The van der Waals surface area contributed by atoms with Gasteiger partial charge in [-0.05, 0) is 131 Å². The number of rotatable bonds is 5. The fourth-order valence-electron chi connectivity index (χ4n) is 8.69. The van der Waals surface area contributed by atoms with E-state index in [-0.39, 0.29) is 0 Å². The number of pyridine rings is 1. The summed E-state index contributed by atoms with van der Waals surface area (Å²) < 4.78 is 0. The third kappa shape index (κ3) is 4.14. The first kappa shape index (κ1) is 28.1. The standard InChI is InChI=1S/C49H30N2/c1-2-10-33(11-3-1)51(34-24-26-50-27-25-34)35-29-31(36-20-22-46-40-14-6-4-12-38(40)44-18-8-16-42(36)48(44)46)28-32(30-35)37-21-23-47-41-15-7-5-13-39(41)45-19-9-17-43(37)49(45)47/h1-30H. The van der Waals surface area contributed by atoms with E-state index in [0.717, 1.165) is 17.1 Å². The Morgan fingerprint density at radius 2 is 0.706 bits per heavy atom. The van der Waals surface area contributed by atoms with Crippen molar-refractivity contribution in [3.63, 3.8) is 0 Å². The van der Waals surface area contributed by atoms with Gasteiger partial charge in [0.25, 0.3) is 0 Å². The van der Waals surface area contributed by atoms with Crippen LogP contribution in [-0.4, -0.2) is 4.98 Å². The molecule has 9 aromatic rings. The van der Waals surface area contributed by atoms with E-state index in [1.165, 1.54) is 88.3 Å². The maximum Gasteiger partial charge on any atom is 0.0492 e. The molecule has 0 spiro atoms. The molecule has 2 nitrogen and oxygen atoms in total. The van der Waals surface area contributed by atoms with Crippen LogP contribution in [0.5, 0.6) is 0 Å². The van der Waals surface area contributed by atoms with Crippen molar-refractivity contribution in [1.82, 2.24) is 4.98 Å². The minimum Gasteiger partial charge on any atom is -0.310 e. The lowest BCUT2D eigenvalue weighted by atomic mass is 9.90. The molecule has 51 heavy (non-hydrogen) atoms. The van der Waals surface area contributed by atoms with Crippen molar-refractivity contribution in [3.8, 4) is 66.8 Å². The third-order valence-corrected chi connectivity index (χ3v) is 10.8.